The van der Waals surface area contributed by atoms with Crippen LogP contribution >= 0.6 is 0 Å². The number of allylic oxidation sites excluding steroid dienone is 4. The van der Waals surface area contributed by atoms with Crippen molar-refractivity contribution in [2.45, 2.75) is 73.1 Å². The van der Waals surface area contributed by atoms with E-state index in [4.69, 9.17) is 0 Å². The second-order valence-electron chi connectivity index (χ2n) is 8.07. The Morgan fingerprint density at radius 3 is 2.41 bits per heavy atom. The summed E-state index contributed by atoms with van der Waals surface area (Å²) in [5.74, 6) is 1.61. The van der Waals surface area contributed by atoms with E-state index >= 15 is 0 Å². The molecule has 0 heterocycles. The monoisotopic (exact) mass is 366 g/mol. The van der Waals surface area contributed by atoms with Gasteiger partial charge in [0.05, 0.1) is 0 Å². The predicted octanol–water partition coefficient (Wildman–Crippen LogP) is 5.96. The van der Waals surface area contributed by atoms with Gasteiger partial charge in [-0.15, -0.1) is 0 Å². The van der Waals surface area contributed by atoms with Crippen molar-refractivity contribution in [1.29, 1.82) is 0 Å². The minimum Gasteiger partial charge on any atom is -0.299 e. The molecule has 0 amide bonds. The number of ketones is 2. The standard InChI is InChI=1S/C25H34O2/c1-6-22(26)16-21-14-19(9-8-18(21)5)15-23(27)12-10-20-11-13-25(17(3)4)24(20)7-2/h8-9,11,13-14,17,24H,6-7,10,12,15-16H2,1-5H3. The van der Waals surface area contributed by atoms with Gasteiger partial charge in [0, 0.05) is 31.6 Å². The van der Waals surface area contributed by atoms with Crippen LogP contribution in [0, 0.1) is 18.8 Å². The maximum absolute atomic E-state index is 12.5. The lowest BCUT2D eigenvalue weighted by molar-refractivity contribution is -0.119. The Kier molecular flexibility index (Phi) is 7.77. The van der Waals surface area contributed by atoms with E-state index in [-0.39, 0.29) is 11.6 Å². The minimum absolute atomic E-state index is 0.244. The third-order valence-electron chi connectivity index (χ3n) is 5.70. The van der Waals surface area contributed by atoms with Crippen molar-refractivity contribution >= 4 is 11.6 Å². The summed E-state index contributed by atoms with van der Waals surface area (Å²) in [6.07, 6.45) is 8.54. The van der Waals surface area contributed by atoms with Crippen LogP contribution in [0.4, 0.5) is 0 Å². The highest BCUT2D eigenvalue weighted by molar-refractivity contribution is 5.82. The number of rotatable bonds is 10. The van der Waals surface area contributed by atoms with Gasteiger partial charge < -0.3 is 0 Å². The van der Waals surface area contributed by atoms with Gasteiger partial charge in [0.2, 0.25) is 0 Å². The number of carbonyl (C=O) groups is 2. The van der Waals surface area contributed by atoms with E-state index in [0.717, 1.165) is 29.5 Å². The van der Waals surface area contributed by atoms with Gasteiger partial charge in [-0.2, -0.15) is 0 Å². The van der Waals surface area contributed by atoms with E-state index in [9.17, 15) is 9.59 Å². The minimum atomic E-state index is 0.244. The lowest BCUT2D eigenvalue weighted by Crippen LogP contribution is -2.10. The fraction of sp³-hybridized carbons (Fsp3) is 0.520. The van der Waals surface area contributed by atoms with Crippen molar-refractivity contribution in [3.8, 4) is 0 Å². The van der Waals surface area contributed by atoms with Gasteiger partial charge in [-0.1, -0.05) is 69.2 Å². The SMILES string of the molecule is CCC(=O)Cc1cc(CC(=O)CCC2=CC=C(C(C)C)C2CC)ccc1C. The Morgan fingerprint density at radius 2 is 1.78 bits per heavy atom. The van der Waals surface area contributed by atoms with Crippen LogP contribution in [0.25, 0.3) is 0 Å². The van der Waals surface area contributed by atoms with Crippen molar-refractivity contribution in [2.75, 3.05) is 0 Å². The zero-order chi connectivity index (χ0) is 20.0. The summed E-state index contributed by atoms with van der Waals surface area (Å²) in [7, 11) is 0. The summed E-state index contributed by atoms with van der Waals surface area (Å²) in [5.41, 5.74) is 6.12. The summed E-state index contributed by atoms with van der Waals surface area (Å²) in [6, 6.07) is 6.10. The average molecular weight is 367 g/mol. The Labute approximate surface area is 164 Å². The van der Waals surface area contributed by atoms with Crippen molar-refractivity contribution < 1.29 is 9.59 Å². The van der Waals surface area contributed by atoms with Gasteiger partial charge in [0.15, 0.2) is 0 Å². The summed E-state index contributed by atoms with van der Waals surface area (Å²) in [6.45, 7) is 10.6. The molecule has 0 radical (unpaired) electrons. The Morgan fingerprint density at radius 1 is 1.04 bits per heavy atom. The van der Waals surface area contributed by atoms with E-state index < -0.39 is 0 Å². The molecular formula is C25H34O2. The van der Waals surface area contributed by atoms with Gasteiger partial charge in [-0.3, -0.25) is 9.59 Å². The van der Waals surface area contributed by atoms with E-state index in [2.05, 4.69) is 32.9 Å². The molecule has 1 aromatic carbocycles. The highest BCUT2D eigenvalue weighted by Crippen LogP contribution is 2.36. The average Bonchev–Trinajstić information content (AvgIpc) is 3.05. The maximum atomic E-state index is 12.5. The molecule has 146 valence electrons. The van der Waals surface area contributed by atoms with Crippen LogP contribution in [0.5, 0.6) is 0 Å². The number of carbonyl (C=O) groups excluding carboxylic acids is 2. The molecule has 2 nitrogen and oxygen atoms in total. The third-order valence-corrected chi connectivity index (χ3v) is 5.70. The highest BCUT2D eigenvalue weighted by Gasteiger charge is 2.23. The second-order valence-corrected chi connectivity index (χ2v) is 8.07. The van der Waals surface area contributed by atoms with Crippen molar-refractivity contribution in [3.63, 3.8) is 0 Å². The van der Waals surface area contributed by atoms with Crippen molar-refractivity contribution in [2.24, 2.45) is 11.8 Å². The van der Waals surface area contributed by atoms with E-state index in [1.54, 1.807) is 0 Å². The van der Waals surface area contributed by atoms with E-state index in [1.807, 2.05) is 32.0 Å². The smallest absolute Gasteiger partial charge is 0.137 e. The largest absolute Gasteiger partial charge is 0.299 e. The molecule has 1 aromatic rings. The van der Waals surface area contributed by atoms with Gasteiger partial charge in [-0.25, -0.2) is 0 Å². The molecule has 2 heteroatoms. The molecule has 0 fully saturated rings. The molecule has 1 aliphatic carbocycles. The third kappa shape index (κ3) is 5.76. The molecule has 1 unspecified atom stereocenters. The Balaban J connectivity index is 1.93. The van der Waals surface area contributed by atoms with Gasteiger partial charge in [0.25, 0.3) is 0 Å². The normalized spacial score (nSPS) is 16.4. The quantitative estimate of drug-likeness (QED) is 0.512. The second kappa shape index (κ2) is 9.82. The molecule has 0 spiro atoms. The molecule has 0 saturated carbocycles. The predicted molar refractivity (Wildman–Crippen MR) is 113 cm³/mol. The van der Waals surface area contributed by atoms with Crippen LogP contribution < -0.4 is 0 Å². The lowest BCUT2D eigenvalue weighted by atomic mass is 9.84. The fourth-order valence-electron chi connectivity index (χ4n) is 3.96. The van der Waals surface area contributed by atoms with Crippen LogP contribution in [-0.2, 0) is 22.4 Å². The molecule has 0 aliphatic heterocycles. The highest BCUT2D eigenvalue weighted by atomic mass is 16.1. The van der Waals surface area contributed by atoms with Crippen molar-refractivity contribution in [1.82, 2.24) is 0 Å². The van der Waals surface area contributed by atoms with Gasteiger partial charge in [-0.05, 0) is 42.4 Å². The van der Waals surface area contributed by atoms with Crippen LogP contribution in [0.1, 0.15) is 70.1 Å². The summed E-state index contributed by atoms with van der Waals surface area (Å²) < 4.78 is 0. The van der Waals surface area contributed by atoms with Gasteiger partial charge >= 0.3 is 0 Å². The number of hydrogen-bond acceptors (Lipinski definition) is 2. The van der Waals surface area contributed by atoms with Crippen LogP contribution in [0.2, 0.25) is 0 Å². The number of hydrogen-bond donors (Lipinski definition) is 0. The summed E-state index contributed by atoms with van der Waals surface area (Å²) in [4.78, 5) is 24.3. The first-order valence-electron chi connectivity index (χ1n) is 10.4. The molecule has 2 rings (SSSR count). The first kappa shape index (κ1) is 21.3. The molecular weight excluding hydrogens is 332 g/mol. The first-order chi connectivity index (χ1) is 12.8. The topological polar surface area (TPSA) is 34.1 Å². The Bertz CT molecular complexity index is 750. The zero-order valence-electron chi connectivity index (χ0n) is 17.6. The van der Waals surface area contributed by atoms with E-state index in [1.165, 1.54) is 11.1 Å². The molecule has 0 saturated heterocycles. The first-order valence-corrected chi connectivity index (χ1v) is 10.4. The van der Waals surface area contributed by atoms with Gasteiger partial charge in [0.1, 0.15) is 11.6 Å². The summed E-state index contributed by atoms with van der Waals surface area (Å²) in [5, 5.41) is 0. The van der Waals surface area contributed by atoms with Crippen LogP contribution in [0.3, 0.4) is 0 Å². The summed E-state index contributed by atoms with van der Waals surface area (Å²) >= 11 is 0. The Hall–Kier alpha value is -1.96. The molecule has 27 heavy (non-hydrogen) atoms. The molecule has 0 bridgehead atoms. The molecule has 0 aromatic heterocycles. The van der Waals surface area contributed by atoms with Crippen LogP contribution in [-0.4, -0.2) is 11.6 Å². The lowest BCUT2D eigenvalue weighted by Gasteiger charge is -2.20. The fourth-order valence-corrected chi connectivity index (χ4v) is 3.96. The zero-order valence-corrected chi connectivity index (χ0v) is 17.6. The number of benzene rings is 1. The maximum Gasteiger partial charge on any atom is 0.137 e. The number of Topliss-reactive ketones (excluding diaryl/α,β-unsaturated/α-hetero) is 2. The van der Waals surface area contributed by atoms with Crippen LogP contribution in [0.15, 0.2) is 41.5 Å². The van der Waals surface area contributed by atoms with Crippen molar-refractivity contribution in [3.05, 3.63) is 58.2 Å². The molecule has 1 atom stereocenters. The molecule has 0 N–H and O–H groups in total. The molecule has 1 aliphatic rings. The number of aryl methyl sites for hydroxylation is 1. The van der Waals surface area contributed by atoms with E-state index in [0.29, 0.717) is 37.5 Å².